The summed E-state index contributed by atoms with van der Waals surface area (Å²) >= 11 is 6.20. The first-order valence-electron chi connectivity index (χ1n) is 8.34. The van der Waals surface area contributed by atoms with Crippen molar-refractivity contribution in [3.8, 4) is 11.1 Å². The van der Waals surface area contributed by atoms with Gasteiger partial charge in [-0.05, 0) is 41.0 Å². The average Bonchev–Trinajstić information content (AvgIpc) is 2.78. The van der Waals surface area contributed by atoms with E-state index in [0.29, 0.717) is 29.1 Å². The van der Waals surface area contributed by atoms with Crippen LogP contribution in [0.15, 0.2) is 71.7 Å². The number of fused-ring (bicyclic) bond motifs is 3. The standard InChI is InChI=1S/C20H13ClFN.CH4O3S/c21-14-9-10-16-15-6-2-1-5-13(15)12-23-20(18(16)11-14)17-7-3-4-8-19(17)22;1-5(2,3)4/h1-11H,12H2;1H3,(H,2,3,4). The van der Waals surface area contributed by atoms with Crippen molar-refractivity contribution in [3.05, 3.63) is 94.3 Å². The molecule has 0 fully saturated rings. The molecule has 1 aliphatic rings. The predicted octanol–water partition coefficient (Wildman–Crippen LogP) is 5.00. The Morgan fingerprint density at radius 2 is 1.54 bits per heavy atom. The molecule has 28 heavy (non-hydrogen) atoms. The lowest BCUT2D eigenvalue weighted by molar-refractivity contribution is 0.490. The fraction of sp³-hybridized carbons (Fsp3) is 0.0952. The van der Waals surface area contributed by atoms with Crippen molar-refractivity contribution in [2.45, 2.75) is 6.54 Å². The first kappa shape index (κ1) is 20.2. The molecule has 1 aliphatic heterocycles. The number of hydrogen-bond donors (Lipinski definition) is 1. The van der Waals surface area contributed by atoms with E-state index in [9.17, 15) is 12.8 Å². The fourth-order valence-electron chi connectivity index (χ4n) is 3.00. The van der Waals surface area contributed by atoms with Gasteiger partial charge in [0, 0.05) is 16.1 Å². The first-order chi connectivity index (χ1) is 13.2. The Kier molecular flexibility index (Phi) is 5.93. The van der Waals surface area contributed by atoms with Crippen LogP contribution in [0.4, 0.5) is 4.39 Å². The van der Waals surface area contributed by atoms with E-state index in [1.165, 1.54) is 6.07 Å². The second kappa shape index (κ2) is 8.22. The molecule has 3 aromatic carbocycles. The van der Waals surface area contributed by atoms with Gasteiger partial charge in [0.25, 0.3) is 10.1 Å². The summed E-state index contributed by atoms with van der Waals surface area (Å²) < 4.78 is 40.2. The van der Waals surface area contributed by atoms with Crippen LogP contribution in [0.1, 0.15) is 16.7 Å². The third kappa shape index (κ3) is 4.84. The summed E-state index contributed by atoms with van der Waals surface area (Å²) in [5.74, 6) is -0.275. The zero-order chi connectivity index (χ0) is 20.3. The predicted molar refractivity (Wildman–Crippen MR) is 110 cm³/mol. The molecule has 0 aliphatic carbocycles. The van der Waals surface area contributed by atoms with Gasteiger partial charge >= 0.3 is 0 Å². The SMILES string of the molecule is CS(=O)(=O)O.Fc1ccccc1C1=NCc2ccccc2-c2ccc(Cl)cc21. The minimum absolute atomic E-state index is 0.275. The van der Waals surface area contributed by atoms with Gasteiger partial charge in [-0.25, -0.2) is 4.39 Å². The lowest BCUT2D eigenvalue weighted by Gasteiger charge is -2.12. The number of rotatable bonds is 1. The molecule has 1 N–H and O–H groups in total. The summed E-state index contributed by atoms with van der Waals surface area (Å²) in [6.07, 6.45) is 0.715. The number of nitrogens with zero attached hydrogens (tertiary/aromatic N) is 1. The van der Waals surface area contributed by atoms with Crippen molar-refractivity contribution < 1.29 is 17.4 Å². The first-order valence-corrected chi connectivity index (χ1v) is 10.6. The van der Waals surface area contributed by atoms with E-state index in [4.69, 9.17) is 21.1 Å². The third-order valence-corrected chi connectivity index (χ3v) is 4.32. The van der Waals surface area contributed by atoms with E-state index in [1.807, 2.05) is 36.4 Å². The van der Waals surface area contributed by atoms with Crippen molar-refractivity contribution in [3.63, 3.8) is 0 Å². The van der Waals surface area contributed by atoms with Crippen LogP contribution in [-0.4, -0.2) is 24.9 Å². The van der Waals surface area contributed by atoms with Gasteiger partial charge in [0.15, 0.2) is 0 Å². The van der Waals surface area contributed by atoms with Crippen LogP contribution in [0.25, 0.3) is 11.1 Å². The highest BCUT2D eigenvalue weighted by Crippen LogP contribution is 2.34. The molecule has 0 bridgehead atoms. The Balaban J connectivity index is 0.000000403. The smallest absolute Gasteiger partial charge is 0.261 e. The molecule has 144 valence electrons. The van der Waals surface area contributed by atoms with Crippen LogP contribution < -0.4 is 0 Å². The van der Waals surface area contributed by atoms with E-state index in [0.717, 1.165) is 22.3 Å². The molecule has 4 rings (SSSR count). The average molecular weight is 418 g/mol. The van der Waals surface area contributed by atoms with Crippen molar-refractivity contribution in [2.75, 3.05) is 6.26 Å². The molecule has 0 saturated carbocycles. The highest BCUT2D eigenvalue weighted by molar-refractivity contribution is 7.85. The fourth-order valence-corrected chi connectivity index (χ4v) is 3.17. The van der Waals surface area contributed by atoms with Gasteiger partial charge in [-0.3, -0.25) is 9.55 Å². The van der Waals surface area contributed by atoms with Crippen LogP contribution in [0.3, 0.4) is 0 Å². The van der Waals surface area contributed by atoms with Crippen molar-refractivity contribution in [1.82, 2.24) is 0 Å². The highest BCUT2D eigenvalue weighted by atomic mass is 35.5. The minimum Gasteiger partial charge on any atom is -0.286 e. The highest BCUT2D eigenvalue weighted by Gasteiger charge is 2.20. The van der Waals surface area contributed by atoms with Crippen LogP contribution in [0, 0.1) is 5.82 Å². The van der Waals surface area contributed by atoms with E-state index in [2.05, 4.69) is 12.1 Å². The molecule has 0 amide bonds. The van der Waals surface area contributed by atoms with Crippen LogP contribution in [0.5, 0.6) is 0 Å². The molecule has 0 atom stereocenters. The summed E-state index contributed by atoms with van der Waals surface area (Å²) in [7, 11) is -3.67. The monoisotopic (exact) mass is 417 g/mol. The Labute approximate surface area is 168 Å². The third-order valence-electron chi connectivity index (χ3n) is 4.08. The minimum atomic E-state index is -3.67. The molecule has 7 heteroatoms. The molecule has 0 saturated heterocycles. The van der Waals surface area contributed by atoms with E-state index < -0.39 is 10.1 Å². The van der Waals surface area contributed by atoms with Crippen LogP contribution in [-0.2, 0) is 16.7 Å². The quantitative estimate of drug-likeness (QED) is 0.566. The van der Waals surface area contributed by atoms with Crippen molar-refractivity contribution >= 4 is 27.4 Å². The van der Waals surface area contributed by atoms with E-state index in [-0.39, 0.29) is 5.82 Å². The topological polar surface area (TPSA) is 66.7 Å². The molecule has 0 spiro atoms. The van der Waals surface area contributed by atoms with Gasteiger partial charge in [0.1, 0.15) is 5.82 Å². The molecule has 1 heterocycles. The van der Waals surface area contributed by atoms with Gasteiger partial charge in [0.2, 0.25) is 0 Å². The van der Waals surface area contributed by atoms with Gasteiger partial charge in [-0.15, -0.1) is 0 Å². The maximum Gasteiger partial charge on any atom is 0.261 e. The summed E-state index contributed by atoms with van der Waals surface area (Å²) in [4.78, 5) is 4.70. The zero-order valence-corrected chi connectivity index (χ0v) is 16.5. The lowest BCUT2D eigenvalue weighted by atomic mass is 9.92. The molecule has 0 unspecified atom stereocenters. The number of benzene rings is 3. The zero-order valence-electron chi connectivity index (χ0n) is 14.9. The molecular weight excluding hydrogens is 401 g/mol. The molecule has 4 nitrogen and oxygen atoms in total. The number of halogens is 2. The van der Waals surface area contributed by atoms with Crippen LogP contribution in [0.2, 0.25) is 5.02 Å². The second-order valence-corrected chi connectivity index (χ2v) is 8.13. The maximum atomic E-state index is 14.3. The number of hydrogen-bond acceptors (Lipinski definition) is 3. The van der Waals surface area contributed by atoms with Gasteiger partial charge in [0.05, 0.1) is 18.5 Å². The summed E-state index contributed by atoms with van der Waals surface area (Å²) in [6, 6.07) is 20.6. The van der Waals surface area contributed by atoms with Crippen molar-refractivity contribution in [2.24, 2.45) is 4.99 Å². The maximum absolute atomic E-state index is 14.3. The van der Waals surface area contributed by atoms with E-state index >= 15 is 0 Å². The molecule has 0 radical (unpaired) electrons. The molecule has 0 aromatic heterocycles. The number of aliphatic imine (C=N–C) groups is 1. The Hall–Kier alpha value is -2.54. The van der Waals surface area contributed by atoms with Crippen LogP contribution >= 0.6 is 11.6 Å². The summed E-state index contributed by atoms with van der Waals surface area (Å²) in [6.45, 7) is 0.520. The largest absolute Gasteiger partial charge is 0.286 e. The normalized spacial score (nSPS) is 12.6. The Bertz CT molecular complexity index is 1150. The summed E-state index contributed by atoms with van der Waals surface area (Å²) in [5.41, 5.74) is 5.30. The van der Waals surface area contributed by atoms with E-state index in [1.54, 1.807) is 12.1 Å². The van der Waals surface area contributed by atoms with Crippen molar-refractivity contribution in [1.29, 1.82) is 0 Å². The molecular formula is C21H17ClFNO3S. The lowest BCUT2D eigenvalue weighted by Crippen LogP contribution is -2.07. The summed E-state index contributed by atoms with van der Waals surface area (Å²) in [5, 5.41) is 0.618. The van der Waals surface area contributed by atoms with Gasteiger partial charge < -0.3 is 0 Å². The second-order valence-electron chi connectivity index (χ2n) is 6.22. The van der Waals surface area contributed by atoms with Gasteiger partial charge in [-0.2, -0.15) is 8.42 Å². The Morgan fingerprint density at radius 1 is 0.929 bits per heavy atom. The van der Waals surface area contributed by atoms with Gasteiger partial charge in [-0.1, -0.05) is 54.1 Å². The molecule has 3 aromatic rings. The Morgan fingerprint density at radius 3 is 2.21 bits per heavy atom.